The summed E-state index contributed by atoms with van der Waals surface area (Å²) < 4.78 is 0. The van der Waals surface area contributed by atoms with Crippen molar-refractivity contribution >= 4 is 39.9 Å². The maximum absolute atomic E-state index is 13.0. The van der Waals surface area contributed by atoms with Crippen LogP contribution in [0.5, 0.6) is 0 Å². The van der Waals surface area contributed by atoms with Crippen LogP contribution in [0.3, 0.4) is 0 Å². The molecule has 0 spiro atoms. The largest absolute Gasteiger partial charge is 0.341 e. The molecule has 0 saturated heterocycles. The molecule has 0 radical (unpaired) electrons. The van der Waals surface area contributed by atoms with Gasteiger partial charge in [-0.3, -0.25) is 14.6 Å². The van der Waals surface area contributed by atoms with Gasteiger partial charge in [0, 0.05) is 41.1 Å². The third-order valence-corrected chi connectivity index (χ3v) is 4.90. The minimum atomic E-state index is -0.495. The lowest BCUT2D eigenvalue weighted by Crippen LogP contribution is -2.41. The van der Waals surface area contributed by atoms with Crippen molar-refractivity contribution in [2.75, 3.05) is 18.9 Å². The maximum atomic E-state index is 13.0. The number of anilines is 1. The second-order valence-electron chi connectivity index (χ2n) is 6.37. The summed E-state index contributed by atoms with van der Waals surface area (Å²) in [6.45, 7) is 0.302. The number of amides is 2. The van der Waals surface area contributed by atoms with Gasteiger partial charge in [0.2, 0.25) is 5.91 Å². The number of hydrogen-bond donors (Lipinski definition) is 1. The number of carbonyl (C=O) groups excluding carboxylic acids is 2. The van der Waals surface area contributed by atoms with E-state index in [0.717, 1.165) is 10.8 Å². The summed E-state index contributed by atoms with van der Waals surface area (Å²) in [7, 11) is 1.69. The molecule has 1 aliphatic heterocycles. The van der Waals surface area contributed by atoms with Gasteiger partial charge in [0.1, 0.15) is 0 Å². The SMILES string of the molecule is CN1CC(C(=O)Nc2cncc3ccccc23)c2cc(Cl)ccc2C1=O. The lowest BCUT2D eigenvalue weighted by atomic mass is 9.88. The van der Waals surface area contributed by atoms with Crippen LogP contribution in [0.15, 0.2) is 54.9 Å². The highest BCUT2D eigenvalue weighted by Crippen LogP contribution is 2.32. The molecule has 5 nitrogen and oxygen atoms in total. The highest BCUT2D eigenvalue weighted by molar-refractivity contribution is 6.30. The summed E-state index contributed by atoms with van der Waals surface area (Å²) in [6, 6.07) is 12.8. The number of aromatic nitrogens is 1. The van der Waals surface area contributed by atoms with E-state index in [0.29, 0.717) is 28.4 Å². The van der Waals surface area contributed by atoms with Gasteiger partial charge in [-0.25, -0.2) is 0 Å². The number of halogens is 1. The van der Waals surface area contributed by atoms with E-state index in [-0.39, 0.29) is 11.8 Å². The van der Waals surface area contributed by atoms with Gasteiger partial charge < -0.3 is 10.2 Å². The van der Waals surface area contributed by atoms with Crippen molar-refractivity contribution < 1.29 is 9.59 Å². The Bertz CT molecular complexity index is 1030. The molecule has 3 aromatic rings. The molecule has 1 unspecified atom stereocenters. The molecule has 6 heteroatoms. The van der Waals surface area contributed by atoms with E-state index in [9.17, 15) is 9.59 Å². The fourth-order valence-corrected chi connectivity index (χ4v) is 3.52. The van der Waals surface area contributed by atoms with Crippen LogP contribution < -0.4 is 5.32 Å². The van der Waals surface area contributed by atoms with Crippen molar-refractivity contribution in [1.82, 2.24) is 9.88 Å². The quantitative estimate of drug-likeness (QED) is 0.753. The predicted octanol–water partition coefficient (Wildman–Crippen LogP) is 3.70. The zero-order valence-electron chi connectivity index (χ0n) is 14.1. The molecule has 0 aliphatic carbocycles. The Morgan fingerprint density at radius 2 is 2.04 bits per heavy atom. The van der Waals surface area contributed by atoms with Gasteiger partial charge in [-0.05, 0) is 23.8 Å². The van der Waals surface area contributed by atoms with E-state index in [1.165, 1.54) is 0 Å². The first-order valence-corrected chi connectivity index (χ1v) is 8.61. The van der Waals surface area contributed by atoms with Crippen LogP contribution in [0.1, 0.15) is 21.8 Å². The van der Waals surface area contributed by atoms with E-state index in [1.807, 2.05) is 24.3 Å². The first-order valence-electron chi connectivity index (χ1n) is 8.23. The second-order valence-corrected chi connectivity index (χ2v) is 6.80. The van der Waals surface area contributed by atoms with Crippen LogP contribution in [0, 0.1) is 0 Å². The molecule has 1 aromatic heterocycles. The van der Waals surface area contributed by atoms with Crippen molar-refractivity contribution in [3.05, 3.63) is 71.0 Å². The first-order chi connectivity index (χ1) is 12.5. The Morgan fingerprint density at radius 1 is 1.23 bits per heavy atom. The summed E-state index contributed by atoms with van der Waals surface area (Å²) in [5.74, 6) is -0.788. The molecule has 0 saturated carbocycles. The van der Waals surface area contributed by atoms with Gasteiger partial charge in [-0.2, -0.15) is 0 Å². The number of benzene rings is 2. The molecule has 2 amide bonds. The van der Waals surface area contributed by atoms with Gasteiger partial charge in [-0.15, -0.1) is 0 Å². The van der Waals surface area contributed by atoms with Crippen molar-refractivity contribution in [3.63, 3.8) is 0 Å². The highest BCUT2D eigenvalue weighted by Gasteiger charge is 2.34. The van der Waals surface area contributed by atoms with Crippen molar-refractivity contribution in [2.45, 2.75) is 5.92 Å². The lowest BCUT2D eigenvalue weighted by Gasteiger charge is -2.31. The fraction of sp³-hybridized carbons (Fsp3) is 0.150. The number of rotatable bonds is 2. The molecule has 4 rings (SSSR count). The number of nitrogens with zero attached hydrogens (tertiary/aromatic N) is 2. The first kappa shape index (κ1) is 16.5. The standard InChI is InChI=1S/C20H16ClN3O2/c1-24-11-17(16-8-13(21)6-7-15(16)20(24)26)19(25)23-18-10-22-9-12-4-2-3-5-14(12)18/h2-10,17H,11H2,1H3,(H,23,25). The number of carbonyl (C=O) groups is 2. The number of hydrogen-bond acceptors (Lipinski definition) is 3. The monoisotopic (exact) mass is 365 g/mol. The summed E-state index contributed by atoms with van der Waals surface area (Å²) in [6.07, 6.45) is 3.39. The zero-order chi connectivity index (χ0) is 18.3. The Labute approximate surface area is 155 Å². The summed E-state index contributed by atoms with van der Waals surface area (Å²) in [4.78, 5) is 31.1. The molecular weight excluding hydrogens is 350 g/mol. The zero-order valence-corrected chi connectivity index (χ0v) is 14.8. The van der Waals surface area contributed by atoms with Crippen molar-refractivity contribution in [1.29, 1.82) is 0 Å². The van der Waals surface area contributed by atoms with Crippen LogP contribution in [-0.2, 0) is 4.79 Å². The van der Waals surface area contributed by atoms with Crippen molar-refractivity contribution in [2.24, 2.45) is 0 Å². The molecule has 130 valence electrons. The second kappa shape index (κ2) is 6.42. The van der Waals surface area contributed by atoms with Gasteiger partial charge >= 0.3 is 0 Å². The van der Waals surface area contributed by atoms with Gasteiger partial charge in [-0.1, -0.05) is 35.9 Å². The van der Waals surface area contributed by atoms with Crippen LogP contribution >= 0.6 is 11.6 Å². The van der Waals surface area contributed by atoms with Crippen molar-refractivity contribution in [3.8, 4) is 0 Å². The topological polar surface area (TPSA) is 62.3 Å². The average Bonchev–Trinajstić information content (AvgIpc) is 2.65. The normalized spacial score (nSPS) is 16.5. The van der Waals surface area contributed by atoms with Crippen LogP contribution in [0.2, 0.25) is 5.02 Å². The van der Waals surface area contributed by atoms with E-state index >= 15 is 0 Å². The lowest BCUT2D eigenvalue weighted by molar-refractivity contribution is -0.117. The van der Waals surface area contributed by atoms with Gasteiger partial charge in [0.05, 0.1) is 17.8 Å². The maximum Gasteiger partial charge on any atom is 0.253 e. The molecule has 0 fully saturated rings. The predicted molar refractivity (Wildman–Crippen MR) is 102 cm³/mol. The van der Waals surface area contributed by atoms with Crippen LogP contribution in [-0.4, -0.2) is 35.3 Å². The number of pyridine rings is 1. The molecule has 2 heterocycles. The Balaban J connectivity index is 1.71. The molecule has 1 N–H and O–H groups in total. The number of fused-ring (bicyclic) bond motifs is 2. The molecule has 0 bridgehead atoms. The van der Waals surface area contributed by atoms with Gasteiger partial charge in [0.25, 0.3) is 5.91 Å². The number of nitrogens with one attached hydrogen (secondary N) is 1. The van der Waals surface area contributed by atoms with E-state index in [4.69, 9.17) is 11.6 Å². The molecule has 1 atom stereocenters. The van der Waals surface area contributed by atoms with E-state index in [2.05, 4.69) is 10.3 Å². The minimum Gasteiger partial charge on any atom is -0.341 e. The fourth-order valence-electron chi connectivity index (χ4n) is 3.34. The molecular formula is C20H16ClN3O2. The molecule has 1 aliphatic rings. The summed E-state index contributed by atoms with van der Waals surface area (Å²) >= 11 is 6.10. The Kier molecular flexibility index (Phi) is 4.09. The van der Waals surface area contributed by atoms with Gasteiger partial charge in [0.15, 0.2) is 0 Å². The number of likely N-dealkylation sites (N-methyl/N-ethyl adjacent to an activating group) is 1. The van der Waals surface area contributed by atoms with E-state index < -0.39 is 5.92 Å². The Hall–Kier alpha value is -2.92. The van der Waals surface area contributed by atoms with Crippen LogP contribution in [0.25, 0.3) is 10.8 Å². The smallest absolute Gasteiger partial charge is 0.253 e. The van der Waals surface area contributed by atoms with E-state index in [1.54, 1.807) is 42.5 Å². The highest BCUT2D eigenvalue weighted by atomic mass is 35.5. The molecule has 2 aromatic carbocycles. The third kappa shape index (κ3) is 2.80. The summed E-state index contributed by atoms with van der Waals surface area (Å²) in [5, 5.41) is 5.34. The minimum absolute atomic E-state index is 0.104. The Morgan fingerprint density at radius 3 is 2.88 bits per heavy atom. The van der Waals surface area contributed by atoms with Crippen LogP contribution in [0.4, 0.5) is 5.69 Å². The third-order valence-electron chi connectivity index (χ3n) is 4.67. The summed E-state index contributed by atoms with van der Waals surface area (Å²) in [5.41, 5.74) is 1.82. The average molecular weight is 366 g/mol. The molecule has 26 heavy (non-hydrogen) atoms.